The predicted molar refractivity (Wildman–Crippen MR) is 88.4 cm³/mol. The van der Waals surface area contributed by atoms with Gasteiger partial charge in [0.15, 0.2) is 0 Å². The first-order valence-corrected chi connectivity index (χ1v) is 7.38. The summed E-state index contributed by atoms with van der Waals surface area (Å²) >= 11 is 30.2. The number of nitrogens with zero attached hydrogens (tertiary/aromatic N) is 3. The van der Waals surface area contributed by atoms with Gasteiger partial charge in [0.2, 0.25) is 0 Å². The van der Waals surface area contributed by atoms with E-state index in [-0.39, 0.29) is 47.6 Å². The fraction of sp³-hybridized carbons (Fsp3) is 0. The van der Waals surface area contributed by atoms with Crippen LogP contribution in [0.5, 0.6) is 0 Å². The summed E-state index contributed by atoms with van der Waals surface area (Å²) in [5.41, 5.74) is 0.264. The van der Waals surface area contributed by atoms with E-state index in [1.807, 2.05) is 6.07 Å². The van der Waals surface area contributed by atoms with E-state index in [1.165, 1.54) is 12.4 Å². The molecule has 0 aliphatic heterocycles. The highest BCUT2D eigenvalue weighted by molar-refractivity contribution is 6.47. The smallest absolute Gasteiger partial charge is 0.103 e. The van der Waals surface area contributed by atoms with Gasteiger partial charge in [-0.1, -0.05) is 58.0 Å². The van der Waals surface area contributed by atoms with Crippen LogP contribution in [-0.2, 0) is 0 Å². The third-order valence-electron chi connectivity index (χ3n) is 2.65. The minimum atomic E-state index is -0.108. The highest BCUT2D eigenvalue weighted by atomic mass is 35.5. The Morgan fingerprint density at radius 1 is 0.773 bits per heavy atom. The number of rotatable bonds is 2. The molecule has 0 aliphatic rings. The molecule has 0 fully saturated rings. The molecule has 0 bridgehead atoms. The second-order valence-corrected chi connectivity index (χ2v) is 5.84. The molecule has 1 aromatic carbocycles. The van der Waals surface area contributed by atoms with Gasteiger partial charge in [-0.25, -0.2) is 0 Å². The molecule has 0 aliphatic carbocycles. The Kier molecular flexibility index (Phi) is 5.24. The highest BCUT2D eigenvalue weighted by Gasteiger charge is 2.22. The quantitative estimate of drug-likeness (QED) is 0.652. The van der Waals surface area contributed by atoms with Crippen LogP contribution in [0, 0.1) is 22.7 Å². The molecule has 1 heterocycles. The Labute approximate surface area is 150 Å². The number of pyridine rings is 1. The van der Waals surface area contributed by atoms with E-state index in [9.17, 15) is 5.26 Å². The second kappa shape index (κ2) is 6.79. The third-order valence-corrected chi connectivity index (χ3v) is 4.45. The summed E-state index contributed by atoms with van der Waals surface area (Å²) in [5.74, 6) is 0. The molecule has 0 radical (unpaired) electrons. The lowest BCUT2D eigenvalue weighted by Gasteiger charge is -2.15. The first-order chi connectivity index (χ1) is 10.4. The number of anilines is 2. The Morgan fingerprint density at radius 2 is 1.32 bits per heavy atom. The van der Waals surface area contributed by atoms with E-state index in [2.05, 4.69) is 10.3 Å². The molecule has 0 spiro atoms. The van der Waals surface area contributed by atoms with Crippen molar-refractivity contribution in [3.05, 3.63) is 48.6 Å². The van der Waals surface area contributed by atoms with Gasteiger partial charge in [0.05, 0.1) is 47.6 Å². The Hall–Kier alpha value is -1.40. The van der Waals surface area contributed by atoms with E-state index < -0.39 is 0 Å². The average molecular weight is 392 g/mol. The van der Waals surface area contributed by atoms with Gasteiger partial charge in [-0.2, -0.15) is 10.5 Å². The summed E-state index contributed by atoms with van der Waals surface area (Å²) in [4.78, 5) is 3.82. The number of nitriles is 2. The molecule has 0 saturated heterocycles. The summed E-state index contributed by atoms with van der Waals surface area (Å²) in [6.07, 6.45) is 2.73. The topological polar surface area (TPSA) is 72.5 Å². The lowest BCUT2D eigenvalue weighted by molar-refractivity contribution is 1.32. The number of nitrogens with one attached hydrogen (secondary N) is 1. The molecule has 22 heavy (non-hydrogen) atoms. The monoisotopic (exact) mass is 390 g/mol. The molecule has 9 heteroatoms. The van der Waals surface area contributed by atoms with Crippen molar-refractivity contribution in [3.8, 4) is 12.1 Å². The summed E-state index contributed by atoms with van der Waals surface area (Å²) in [6.45, 7) is 0. The molecule has 2 aromatic rings. The van der Waals surface area contributed by atoms with Crippen molar-refractivity contribution < 1.29 is 0 Å². The second-order valence-electron chi connectivity index (χ2n) is 3.89. The van der Waals surface area contributed by atoms with Crippen molar-refractivity contribution in [2.24, 2.45) is 0 Å². The number of benzene rings is 1. The minimum Gasteiger partial charge on any atom is -0.351 e. The minimum absolute atomic E-state index is 0.0388. The normalized spacial score (nSPS) is 9.95. The SMILES string of the molecule is N#Cc1c(Cl)c(Cl)c(Nc2c(Cl)cncc2Cl)c(C#N)c1Cl. The predicted octanol–water partition coefficient (Wildman–Crippen LogP) is 5.84. The Bertz CT molecular complexity index is 831. The first-order valence-electron chi connectivity index (χ1n) is 5.49. The standard InChI is InChI=1S/C13H3Cl5N4/c14-7-3-21-4-8(15)13(7)22-12-6(2-20)9(16)5(1-19)10(17)11(12)18/h3-4H,(H,21,22). The number of hydrogen-bond acceptors (Lipinski definition) is 4. The maximum Gasteiger partial charge on any atom is 0.103 e. The van der Waals surface area contributed by atoms with Crippen LogP contribution in [0.3, 0.4) is 0 Å². The molecule has 1 aromatic heterocycles. The molecule has 0 saturated carbocycles. The molecule has 0 atom stereocenters. The lowest BCUT2D eigenvalue weighted by Crippen LogP contribution is -2.00. The van der Waals surface area contributed by atoms with Crippen molar-refractivity contribution in [3.63, 3.8) is 0 Å². The van der Waals surface area contributed by atoms with Crippen LogP contribution in [0.4, 0.5) is 11.4 Å². The van der Waals surface area contributed by atoms with Crippen LogP contribution in [-0.4, -0.2) is 4.98 Å². The van der Waals surface area contributed by atoms with Crippen molar-refractivity contribution in [1.82, 2.24) is 4.98 Å². The van der Waals surface area contributed by atoms with Crippen LogP contribution in [0.2, 0.25) is 25.1 Å². The maximum absolute atomic E-state index is 9.29. The third kappa shape index (κ3) is 2.90. The summed E-state index contributed by atoms with van der Waals surface area (Å²) < 4.78 is 0. The van der Waals surface area contributed by atoms with Gasteiger partial charge in [-0.15, -0.1) is 0 Å². The van der Waals surface area contributed by atoms with E-state index in [0.29, 0.717) is 0 Å². The Balaban J connectivity index is 2.72. The lowest BCUT2D eigenvalue weighted by atomic mass is 10.1. The summed E-state index contributed by atoms with van der Waals surface area (Å²) in [5, 5.41) is 21.4. The summed E-state index contributed by atoms with van der Waals surface area (Å²) in [6, 6.07) is 3.68. The maximum atomic E-state index is 9.29. The number of halogens is 5. The molecule has 0 amide bonds. The van der Waals surface area contributed by atoms with Gasteiger partial charge in [0.25, 0.3) is 0 Å². The van der Waals surface area contributed by atoms with Crippen LogP contribution >= 0.6 is 58.0 Å². The molecule has 4 nitrogen and oxygen atoms in total. The number of hydrogen-bond donors (Lipinski definition) is 1. The number of aromatic nitrogens is 1. The van der Waals surface area contributed by atoms with Gasteiger partial charge in [0.1, 0.15) is 12.1 Å². The highest BCUT2D eigenvalue weighted by Crippen LogP contribution is 2.43. The molecular weight excluding hydrogens is 389 g/mol. The van der Waals surface area contributed by atoms with Gasteiger partial charge in [-0.3, -0.25) is 4.98 Å². The zero-order valence-corrected chi connectivity index (χ0v) is 14.2. The zero-order valence-electron chi connectivity index (χ0n) is 10.4. The fourth-order valence-electron chi connectivity index (χ4n) is 1.64. The van der Waals surface area contributed by atoms with Crippen molar-refractivity contribution in [1.29, 1.82) is 10.5 Å². The fourth-order valence-corrected chi connectivity index (χ4v) is 2.89. The van der Waals surface area contributed by atoms with E-state index in [0.717, 1.165) is 0 Å². The average Bonchev–Trinajstić information content (AvgIpc) is 2.48. The molecule has 110 valence electrons. The molecule has 2 rings (SSSR count). The van der Waals surface area contributed by atoms with Crippen LogP contribution in [0.25, 0.3) is 0 Å². The van der Waals surface area contributed by atoms with Crippen molar-refractivity contribution in [2.75, 3.05) is 5.32 Å². The van der Waals surface area contributed by atoms with E-state index >= 15 is 0 Å². The first kappa shape index (κ1) is 17.0. The molecule has 0 unspecified atom stereocenters. The molecule has 1 N–H and O–H groups in total. The Morgan fingerprint density at radius 3 is 1.82 bits per heavy atom. The van der Waals surface area contributed by atoms with Crippen molar-refractivity contribution >= 4 is 69.4 Å². The van der Waals surface area contributed by atoms with Crippen LogP contribution < -0.4 is 5.32 Å². The summed E-state index contributed by atoms with van der Waals surface area (Å²) in [7, 11) is 0. The molecular formula is C13H3Cl5N4. The van der Waals surface area contributed by atoms with Crippen LogP contribution in [0.1, 0.15) is 11.1 Å². The van der Waals surface area contributed by atoms with Gasteiger partial charge in [0, 0.05) is 12.4 Å². The zero-order chi connectivity index (χ0) is 16.4. The van der Waals surface area contributed by atoms with Gasteiger partial charge >= 0.3 is 0 Å². The van der Waals surface area contributed by atoms with Crippen LogP contribution in [0.15, 0.2) is 12.4 Å². The van der Waals surface area contributed by atoms with Gasteiger partial charge in [-0.05, 0) is 0 Å². The van der Waals surface area contributed by atoms with E-state index in [4.69, 9.17) is 63.3 Å². The van der Waals surface area contributed by atoms with Crippen molar-refractivity contribution in [2.45, 2.75) is 0 Å². The van der Waals surface area contributed by atoms with Gasteiger partial charge < -0.3 is 5.32 Å². The largest absolute Gasteiger partial charge is 0.351 e. The van der Waals surface area contributed by atoms with E-state index in [1.54, 1.807) is 6.07 Å².